The summed E-state index contributed by atoms with van der Waals surface area (Å²) >= 11 is 0. The molecule has 5 nitrogen and oxygen atoms in total. The molecule has 5 heteroatoms. The number of nitrogens with zero attached hydrogens (tertiary/aromatic N) is 2. The molecule has 82 valence electrons. The summed E-state index contributed by atoms with van der Waals surface area (Å²) < 4.78 is 10.3. The molecule has 1 unspecified atom stereocenters. The van der Waals surface area contributed by atoms with Gasteiger partial charge in [0.1, 0.15) is 5.78 Å². The highest BCUT2D eigenvalue weighted by molar-refractivity contribution is 5.75. The minimum Gasteiger partial charge on any atom is -0.381 e. The number of aromatic nitrogens is 2. The van der Waals surface area contributed by atoms with Crippen molar-refractivity contribution >= 4 is 5.78 Å². The van der Waals surface area contributed by atoms with Gasteiger partial charge in [-0.05, 0) is 13.3 Å². The number of ketones is 1. The average molecular weight is 210 g/mol. The van der Waals surface area contributed by atoms with Crippen LogP contribution in [0.3, 0.4) is 0 Å². The van der Waals surface area contributed by atoms with Gasteiger partial charge in [-0.1, -0.05) is 5.16 Å². The standard InChI is InChI=1S/C10H14N2O3/c1-7(13)2-3-9-11-10(12-15-9)8-4-5-14-6-8/h8H,2-6H2,1H3. The maximum Gasteiger partial charge on any atom is 0.227 e. The quantitative estimate of drug-likeness (QED) is 0.744. The molecule has 1 atom stereocenters. The minimum atomic E-state index is 0.138. The van der Waals surface area contributed by atoms with Crippen molar-refractivity contribution in [3.05, 3.63) is 11.7 Å². The SMILES string of the molecule is CC(=O)CCc1nc(C2CCOC2)no1. The Morgan fingerprint density at radius 3 is 3.13 bits per heavy atom. The minimum absolute atomic E-state index is 0.138. The number of ether oxygens (including phenoxy) is 1. The normalized spacial score (nSPS) is 20.7. The van der Waals surface area contributed by atoms with Crippen LogP contribution in [0.15, 0.2) is 4.52 Å². The van der Waals surface area contributed by atoms with Crippen molar-refractivity contribution in [1.29, 1.82) is 0 Å². The first-order valence-electron chi connectivity index (χ1n) is 5.15. The molecule has 0 N–H and O–H groups in total. The van der Waals surface area contributed by atoms with E-state index in [0.717, 1.165) is 13.0 Å². The van der Waals surface area contributed by atoms with Crippen LogP contribution in [-0.4, -0.2) is 29.1 Å². The Morgan fingerprint density at radius 1 is 1.60 bits per heavy atom. The summed E-state index contributed by atoms with van der Waals surface area (Å²) in [5.74, 6) is 1.66. The Kier molecular flexibility index (Phi) is 3.11. The first kappa shape index (κ1) is 10.3. The van der Waals surface area contributed by atoms with Gasteiger partial charge < -0.3 is 14.1 Å². The number of hydrogen-bond donors (Lipinski definition) is 0. The summed E-state index contributed by atoms with van der Waals surface area (Å²) in [6, 6.07) is 0. The van der Waals surface area contributed by atoms with Gasteiger partial charge in [-0.15, -0.1) is 0 Å². The second-order valence-electron chi connectivity index (χ2n) is 3.81. The fourth-order valence-electron chi connectivity index (χ4n) is 1.56. The monoisotopic (exact) mass is 210 g/mol. The van der Waals surface area contributed by atoms with Crippen LogP contribution in [-0.2, 0) is 16.0 Å². The van der Waals surface area contributed by atoms with Crippen LogP contribution in [0, 0.1) is 0 Å². The molecule has 0 amide bonds. The Hall–Kier alpha value is -1.23. The lowest BCUT2D eigenvalue weighted by atomic mass is 10.1. The number of hydrogen-bond acceptors (Lipinski definition) is 5. The number of rotatable bonds is 4. The fourth-order valence-corrected chi connectivity index (χ4v) is 1.56. The van der Waals surface area contributed by atoms with Gasteiger partial charge in [0.25, 0.3) is 0 Å². The van der Waals surface area contributed by atoms with Gasteiger partial charge in [-0.25, -0.2) is 0 Å². The van der Waals surface area contributed by atoms with Crippen molar-refractivity contribution in [2.45, 2.75) is 32.1 Å². The topological polar surface area (TPSA) is 65.2 Å². The van der Waals surface area contributed by atoms with Crippen molar-refractivity contribution in [3.8, 4) is 0 Å². The number of Topliss-reactive ketones (excluding diaryl/α,β-unsaturated/α-hetero) is 1. The van der Waals surface area contributed by atoms with Gasteiger partial charge >= 0.3 is 0 Å². The first-order valence-corrected chi connectivity index (χ1v) is 5.15. The molecule has 15 heavy (non-hydrogen) atoms. The van der Waals surface area contributed by atoms with Gasteiger partial charge in [-0.2, -0.15) is 4.98 Å². The lowest BCUT2D eigenvalue weighted by Gasteiger charge is -1.97. The van der Waals surface area contributed by atoms with Crippen LogP contribution >= 0.6 is 0 Å². The van der Waals surface area contributed by atoms with Gasteiger partial charge in [-0.3, -0.25) is 0 Å². The van der Waals surface area contributed by atoms with Crippen molar-refractivity contribution in [1.82, 2.24) is 10.1 Å². The molecule has 0 bridgehead atoms. The number of carbonyl (C=O) groups excluding carboxylic acids is 1. The lowest BCUT2D eigenvalue weighted by molar-refractivity contribution is -0.117. The zero-order valence-corrected chi connectivity index (χ0v) is 8.73. The van der Waals surface area contributed by atoms with E-state index >= 15 is 0 Å². The van der Waals surface area contributed by atoms with Crippen LogP contribution in [0.2, 0.25) is 0 Å². The predicted molar refractivity (Wildman–Crippen MR) is 51.5 cm³/mol. The summed E-state index contributed by atoms with van der Waals surface area (Å²) in [6.07, 6.45) is 1.95. The zero-order chi connectivity index (χ0) is 10.7. The van der Waals surface area contributed by atoms with Crippen molar-refractivity contribution < 1.29 is 14.1 Å². The molecule has 0 aliphatic carbocycles. The van der Waals surface area contributed by atoms with Crippen molar-refractivity contribution in [2.75, 3.05) is 13.2 Å². The van der Waals surface area contributed by atoms with E-state index in [1.807, 2.05) is 0 Å². The van der Waals surface area contributed by atoms with Crippen LogP contribution in [0.25, 0.3) is 0 Å². The van der Waals surface area contributed by atoms with Gasteiger partial charge in [0.15, 0.2) is 5.82 Å². The molecule has 0 aromatic carbocycles. The Balaban J connectivity index is 1.94. The molecule has 1 fully saturated rings. The maximum atomic E-state index is 10.8. The lowest BCUT2D eigenvalue weighted by Crippen LogP contribution is -2.00. The van der Waals surface area contributed by atoms with E-state index in [4.69, 9.17) is 9.26 Å². The molecular weight excluding hydrogens is 196 g/mol. The van der Waals surface area contributed by atoms with E-state index in [1.54, 1.807) is 6.92 Å². The molecule has 1 aliphatic rings. The van der Waals surface area contributed by atoms with E-state index in [0.29, 0.717) is 31.2 Å². The molecule has 1 aromatic rings. The van der Waals surface area contributed by atoms with E-state index in [2.05, 4.69) is 10.1 Å². The molecular formula is C10H14N2O3. The molecule has 0 saturated carbocycles. The second kappa shape index (κ2) is 4.53. The summed E-state index contributed by atoms with van der Waals surface area (Å²) in [5.41, 5.74) is 0. The third-order valence-electron chi connectivity index (χ3n) is 2.47. The van der Waals surface area contributed by atoms with E-state index < -0.39 is 0 Å². The number of carbonyl (C=O) groups is 1. The largest absolute Gasteiger partial charge is 0.381 e. The van der Waals surface area contributed by atoms with Crippen LogP contribution in [0.5, 0.6) is 0 Å². The highest BCUT2D eigenvalue weighted by Gasteiger charge is 2.22. The van der Waals surface area contributed by atoms with E-state index in [9.17, 15) is 4.79 Å². The zero-order valence-electron chi connectivity index (χ0n) is 8.73. The van der Waals surface area contributed by atoms with Crippen LogP contribution in [0.4, 0.5) is 0 Å². The highest BCUT2D eigenvalue weighted by Crippen LogP contribution is 2.22. The molecule has 1 aromatic heterocycles. The summed E-state index contributed by atoms with van der Waals surface area (Å²) in [6.45, 7) is 3.00. The third-order valence-corrected chi connectivity index (χ3v) is 2.47. The summed E-state index contributed by atoms with van der Waals surface area (Å²) in [7, 11) is 0. The van der Waals surface area contributed by atoms with Gasteiger partial charge in [0.05, 0.1) is 6.61 Å². The molecule has 1 saturated heterocycles. The number of aryl methyl sites for hydroxylation is 1. The molecule has 2 heterocycles. The molecule has 0 radical (unpaired) electrons. The third kappa shape index (κ3) is 2.62. The van der Waals surface area contributed by atoms with Crippen LogP contribution < -0.4 is 0 Å². The summed E-state index contributed by atoms with van der Waals surface area (Å²) in [5, 5.41) is 3.90. The van der Waals surface area contributed by atoms with Gasteiger partial charge in [0.2, 0.25) is 5.89 Å². The second-order valence-corrected chi connectivity index (χ2v) is 3.81. The van der Waals surface area contributed by atoms with Crippen molar-refractivity contribution in [3.63, 3.8) is 0 Å². The van der Waals surface area contributed by atoms with Crippen LogP contribution in [0.1, 0.15) is 37.4 Å². The molecule has 1 aliphatic heterocycles. The van der Waals surface area contributed by atoms with E-state index in [1.165, 1.54) is 0 Å². The maximum absolute atomic E-state index is 10.8. The van der Waals surface area contributed by atoms with E-state index in [-0.39, 0.29) is 11.7 Å². The fraction of sp³-hybridized carbons (Fsp3) is 0.700. The highest BCUT2D eigenvalue weighted by atomic mass is 16.5. The first-order chi connectivity index (χ1) is 7.25. The predicted octanol–water partition coefficient (Wildman–Crippen LogP) is 1.10. The summed E-state index contributed by atoms with van der Waals surface area (Å²) in [4.78, 5) is 15.0. The average Bonchev–Trinajstić information content (AvgIpc) is 2.85. The Labute approximate surface area is 87.8 Å². The Bertz CT molecular complexity index is 342. The smallest absolute Gasteiger partial charge is 0.227 e. The van der Waals surface area contributed by atoms with Gasteiger partial charge in [0, 0.05) is 25.4 Å². The Morgan fingerprint density at radius 2 is 2.47 bits per heavy atom. The molecule has 0 spiro atoms. The molecule has 2 rings (SSSR count). The van der Waals surface area contributed by atoms with Crippen molar-refractivity contribution in [2.24, 2.45) is 0 Å².